The number of aromatic amines is 1. The van der Waals surface area contributed by atoms with E-state index in [4.69, 9.17) is 4.74 Å². The lowest BCUT2D eigenvalue weighted by molar-refractivity contribution is 0.415. The Morgan fingerprint density at radius 2 is 1.67 bits per heavy atom. The van der Waals surface area contributed by atoms with E-state index in [1.54, 1.807) is 74.7 Å². The number of aryl methyl sites for hydroxylation is 1. The SMILES string of the molecule is COc1ccc(NS(=O)(=O)c2cc(-c3n[nH]c(=O)c4ccccc34)ccc2C)cc1. The maximum absolute atomic E-state index is 13.1. The van der Waals surface area contributed by atoms with Gasteiger partial charge in [-0.3, -0.25) is 9.52 Å². The first-order chi connectivity index (χ1) is 14.4. The molecule has 0 bridgehead atoms. The third-order valence-electron chi connectivity index (χ3n) is 4.79. The first-order valence-corrected chi connectivity index (χ1v) is 10.6. The Morgan fingerprint density at radius 3 is 2.37 bits per heavy atom. The van der Waals surface area contributed by atoms with E-state index < -0.39 is 10.0 Å². The number of nitrogens with one attached hydrogen (secondary N) is 2. The predicted octanol–water partition coefficient (Wildman–Crippen LogP) is 3.71. The Hall–Kier alpha value is -3.65. The van der Waals surface area contributed by atoms with Crippen LogP contribution in [0, 0.1) is 6.92 Å². The van der Waals surface area contributed by atoms with E-state index in [0.717, 1.165) is 0 Å². The first kappa shape index (κ1) is 19.7. The molecule has 30 heavy (non-hydrogen) atoms. The molecule has 8 heteroatoms. The summed E-state index contributed by atoms with van der Waals surface area (Å²) in [6, 6.07) is 18.8. The van der Waals surface area contributed by atoms with Crippen LogP contribution < -0.4 is 15.0 Å². The molecule has 2 N–H and O–H groups in total. The van der Waals surface area contributed by atoms with E-state index in [9.17, 15) is 13.2 Å². The Bertz CT molecular complexity index is 1390. The van der Waals surface area contributed by atoms with Crippen LogP contribution >= 0.6 is 0 Å². The highest BCUT2D eigenvalue weighted by Gasteiger charge is 2.19. The van der Waals surface area contributed by atoms with E-state index in [1.807, 2.05) is 6.07 Å². The van der Waals surface area contributed by atoms with Gasteiger partial charge in [0.1, 0.15) is 5.75 Å². The summed E-state index contributed by atoms with van der Waals surface area (Å²) >= 11 is 0. The summed E-state index contributed by atoms with van der Waals surface area (Å²) in [5.41, 5.74) is 1.81. The molecular weight excluding hydrogens is 402 g/mol. The molecule has 4 rings (SSSR count). The summed E-state index contributed by atoms with van der Waals surface area (Å²) in [5.74, 6) is 0.632. The molecule has 0 unspecified atom stereocenters. The Morgan fingerprint density at radius 1 is 0.967 bits per heavy atom. The minimum atomic E-state index is -3.85. The zero-order valence-electron chi connectivity index (χ0n) is 16.3. The molecule has 4 aromatic rings. The Balaban J connectivity index is 1.79. The van der Waals surface area contributed by atoms with Gasteiger partial charge in [0.15, 0.2) is 0 Å². The molecule has 1 heterocycles. The number of benzene rings is 3. The van der Waals surface area contributed by atoms with Crippen LogP contribution in [0.5, 0.6) is 5.75 Å². The molecule has 0 amide bonds. The molecule has 0 fully saturated rings. The van der Waals surface area contributed by atoms with Gasteiger partial charge in [-0.25, -0.2) is 13.5 Å². The second kappa shape index (κ2) is 7.64. The molecule has 0 aliphatic carbocycles. The van der Waals surface area contributed by atoms with Crippen LogP contribution in [0.4, 0.5) is 5.69 Å². The second-order valence-electron chi connectivity index (χ2n) is 6.76. The smallest absolute Gasteiger partial charge is 0.272 e. The molecule has 0 aliphatic rings. The van der Waals surface area contributed by atoms with Gasteiger partial charge in [-0.05, 0) is 48.9 Å². The van der Waals surface area contributed by atoms with E-state index in [1.165, 1.54) is 0 Å². The lowest BCUT2D eigenvalue weighted by Crippen LogP contribution is -2.14. The van der Waals surface area contributed by atoms with E-state index in [2.05, 4.69) is 14.9 Å². The van der Waals surface area contributed by atoms with Crippen LogP contribution in [0.3, 0.4) is 0 Å². The number of hydrogen-bond acceptors (Lipinski definition) is 5. The fraction of sp³-hybridized carbons (Fsp3) is 0.0909. The van der Waals surface area contributed by atoms with Gasteiger partial charge in [0.05, 0.1) is 23.1 Å². The van der Waals surface area contributed by atoms with Gasteiger partial charge in [-0.15, -0.1) is 0 Å². The zero-order chi connectivity index (χ0) is 21.3. The third kappa shape index (κ3) is 3.65. The standard InChI is InChI=1S/C22H19N3O4S/c1-14-7-8-15(21-18-5-3-4-6-19(18)22(26)24-23-21)13-20(14)30(27,28)25-16-9-11-17(29-2)12-10-16/h3-13,25H,1-2H3,(H,24,26). The maximum atomic E-state index is 13.1. The number of sulfonamides is 1. The predicted molar refractivity (Wildman–Crippen MR) is 116 cm³/mol. The third-order valence-corrected chi connectivity index (χ3v) is 6.31. The second-order valence-corrected chi connectivity index (χ2v) is 8.41. The first-order valence-electron chi connectivity index (χ1n) is 9.14. The van der Waals surface area contributed by atoms with Crippen LogP contribution in [-0.2, 0) is 10.0 Å². The van der Waals surface area contributed by atoms with Crippen molar-refractivity contribution in [3.05, 3.63) is 82.6 Å². The topological polar surface area (TPSA) is 101 Å². The maximum Gasteiger partial charge on any atom is 0.272 e. The van der Waals surface area contributed by atoms with Crippen LogP contribution in [0.1, 0.15) is 5.56 Å². The summed E-state index contributed by atoms with van der Waals surface area (Å²) in [6.45, 7) is 1.73. The van der Waals surface area contributed by atoms with Gasteiger partial charge >= 0.3 is 0 Å². The molecule has 0 aliphatic heterocycles. The number of anilines is 1. The molecule has 0 spiro atoms. The highest BCUT2D eigenvalue weighted by Crippen LogP contribution is 2.29. The summed E-state index contributed by atoms with van der Waals surface area (Å²) < 4.78 is 33.8. The molecule has 0 saturated heterocycles. The van der Waals surface area contributed by atoms with E-state index in [-0.39, 0.29) is 10.5 Å². The lowest BCUT2D eigenvalue weighted by Gasteiger charge is -2.13. The number of ether oxygens (including phenoxy) is 1. The minimum Gasteiger partial charge on any atom is -0.497 e. The van der Waals surface area contributed by atoms with Gasteiger partial charge in [0, 0.05) is 16.6 Å². The molecule has 1 aromatic heterocycles. The average Bonchev–Trinajstić information content (AvgIpc) is 2.75. The highest BCUT2D eigenvalue weighted by atomic mass is 32.2. The van der Waals surface area contributed by atoms with Gasteiger partial charge in [-0.1, -0.05) is 30.3 Å². The van der Waals surface area contributed by atoms with Crippen molar-refractivity contribution in [1.82, 2.24) is 10.2 Å². The summed E-state index contributed by atoms with van der Waals surface area (Å²) in [7, 11) is -2.30. The number of H-pyrrole nitrogens is 1. The number of hydrogen-bond donors (Lipinski definition) is 2. The molecular formula is C22H19N3O4S. The Kier molecular flexibility index (Phi) is 5.01. The van der Waals surface area contributed by atoms with Crippen LogP contribution in [0.25, 0.3) is 22.0 Å². The van der Waals surface area contributed by atoms with Gasteiger partial charge in [0.2, 0.25) is 0 Å². The van der Waals surface area contributed by atoms with Crippen molar-refractivity contribution in [2.45, 2.75) is 11.8 Å². The van der Waals surface area contributed by atoms with Gasteiger partial charge in [0.25, 0.3) is 15.6 Å². The molecule has 0 atom stereocenters. The van der Waals surface area contributed by atoms with Crippen molar-refractivity contribution in [3.8, 4) is 17.0 Å². The summed E-state index contributed by atoms with van der Waals surface area (Å²) in [4.78, 5) is 12.2. The number of methoxy groups -OCH3 is 1. The number of rotatable bonds is 5. The zero-order valence-corrected chi connectivity index (χ0v) is 17.2. The fourth-order valence-electron chi connectivity index (χ4n) is 3.24. The Labute approximate surface area is 173 Å². The van der Waals surface area contributed by atoms with Crippen molar-refractivity contribution in [1.29, 1.82) is 0 Å². The van der Waals surface area contributed by atoms with Crippen molar-refractivity contribution in [2.75, 3.05) is 11.8 Å². The summed E-state index contributed by atoms with van der Waals surface area (Å²) in [5, 5.41) is 7.79. The van der Waals surface area contributed by atoms with E-state index >= 15 is 0 Å². The minimum absolute atomic E-state index is 0.132. The van der Waals surface area contributed by atoms with Crippen LogP contribution in [0.2, 0.25) is 0 Å². The van der Waals surface area contributed by atoms with Crippen molar-refractivity contribution in [2.24, 2.45) is 0 Å². The molecule has 7 nitrogen and oxygen atoms in total. The summed E-state index contributed by atoms with van der Waals surface area (Å²) in [6.07, 6.45) is 0. The number of aromatic nitrogens is 2. The van der Waals surface area contributed by atoms with Crippen molar-refractivity contribution < 1.29 is 13.2 Å². The average molecular weight is 421 g/mol. The largest absolute Gasteiger partial charge is 0.497 e. The van der Waals surface area contributed by atoms with Crippen LogP contribution in [-0.4, -0.2) is 25.7 Å². The van der Waals surface area contributed by atoms with Gasteiger partial charge < -0.3 is 4.74 Å². The normalized spacial score (nSPS) is 11.4. The monoisotopic (exact) mass is 421 g/mol. The van der Waals surface area contributed by atoms with Crippen molar-refractivity contribution >= 4 is 26.5 Å². The molecule has 152 valence electrons. The molecule has 0 saturated carbocycles. The van der Waals surface area contributed by atoms with Gasteiger partial charge in [-0.2, -0.15) is 5.10 Å². The molecule has 3 aromatic carbocycles. The van der Waals surface area contributed by atoms with Crippen LogP contribution in [0.15, 0.2) is 76.4 Å². The van der Waals surface area contributed by atoms with Crippen molar-refractivity contribution in [3.63, 3.8) is 0 Å². The van der Waals surface area contributed by atoms with E-state index in [0.29, 0.717) is 39.0 Å². The molecule has 0 radical (unpaired) electrons. The quantitative estimate of drug-likeness (QED) is 0.512. The number of fused-ring (bicyclic) bond motifs is 1. The number of nitrogens with zero attached hydrogens (tertiary/aromatic N) is 1. The fourth-order valence-corrected chi connectivity index (χ4v) is 4.57. The highest BCUT2D eigenvalue weighted by molar-refractivity contribution is 7.92. The lowest BCUT2D eigenvalue weighted by atomic mass is 10.0.